The molecule has 0 aliphatic carbocycles. The number of carbonyl (C=O) groups excluding carboxylic acids is 2. The molecule has 1 rings (SSSR count). The Morgan fingerprint density at radius 2 is 2.25 bits per heavy atom. The smallest absolute Gasteiger partial charge is 0.254 e. The summed E-state index contributed by atoms with van der Waals surface area (Å²) in [7, 11) is 0. The van der Waals surface area contributed by atoms with E-state index in [1.54, 1.807) is 0 Å². The maximum atomic E-state index is 11.9. The number of rotatable bonds is 2. The van der Waals surface area contributed by atoms with Crippen molar-refractivity contribution in [1.29, 1.82) is 0 Å². The average Bonchev–Trinajstić information content (AvgIpc) is 2.50. The molecule has 3 nitrogen and oxygen atoms in total. The van der Waals surface area contributed by atoms with Crippen molar-refractivity contribution in [2.75, 3.05) is 13.2 Å². The van der Waals surface area contributed by atoms with Crippen LogP contribution in [0.3, 0.4) is 0 Å². The quantitative estimate of drug-likeness (QED) is 0.606. The molecule has 1 atom stereocenters. The first kappa shape index (κ1) is 9.45. The van der Waals surface area contributed by atoms with Gasteiger partial charge in [0.05, 0.1) is 0 Å². The second-order valence-corrected chi connectivity index (χ2v) is 3.06. The number of nitrogens with zero attached hydrogens (tertiary/aromatic N) is 1. The molecule has 68 valence electrons. The molecule has 1 fully saturated rings. The molecule has 0 aromatic carbocycles. The van der Waals surface area contributed by atoms with Gasteiger partial charge in [0.15, 0.2) is 6.67 Å². The van der Waals surface area contributed by atoms with Crippen LogP contribution in [0, 0.1) is 0 Å². The van der Waals surface area contributed by atoms with Crippen LogP contribution in [0.15, 0.2) is 0 Å². The predicted molar refractivity (Wildman–Crippen MR) is 41.6 cm³/mol. The molecule has 1 heterocycles. The van der Waals surface area contributed by atoms with Crippen molar-refractivity contribution >= 4 is 22.8 Å². The minimum atomic E-state index is -1.05. The van der Waals surface area contributed by atoms with Gasteiger partial charge in [-0.3, -0.25) is 9.59 Å². The van der Waals surface area contributed by atoms with Crippen LogP contribution in [0.4, 0.5) is 4.39 Å². The average molecular weight is 194 g/mol. The van der Waals surface area contributed by atoms with E-state index in [9.17, 15) is 14.0 Å². The zero-order valence-electron chi connectivity index (χ0n) is 6.43. The Morgan fingerprint density at radius 1 is 1.58 bits per heavy atom. The summed E-state index contributed by atoms with van der Waals surface area (Å²) in [5.74, 6) is -0.647. The molecule has 0 spiro atoms. The zero-order chi connectivity index (χ0) is 9.14. The first-order valence-electron chi connectivity index (χ1n) is 3.71. The largest absolute Gasteiger partial charge is 0.329 e. The molecule has 0 bridgehead atoms. The van der Waals surface area contributed by atoms with E-state index in [1.165, 1.54) is 4.90 Å². The fraction of sp³-hybridized carbons (Fsp3) is 0.714. The minimum absolute atomic E-state index is 0.436. The van der Waals surface area contributed by atoms with E-state index >= 15 is 0 Å². The van der Waals surface area contributed by atoms with Crippen LogP contribution >= 0.6 is 11.6 Å². The van der Waals surface area contributed by atoms with Gasteiger partial charge in [-0.2, -0.15) is 0 Å². The second-order valence-electron chi connectivity index (χ2n) is 2.68. The third-order valence-corrected chi connectivity index (χ3v) is 2.20. The van der Waals surface area contributed by atoms with Crippen LogP contribution in [0.25, 0.3) is 0 Å². The second kappa shape index (κ2) is 3.85. The fourth-order valence-corrected chi connectivity index (χ4v) is 1.60. The summed E-state index contributed by atoms with van der Waals surface area (Å²) in [6, 6.07) is -0.602. The lowest BCUT2D eigenvalue weighted by Gasteiger charge is -2.19. The van der Waals surface area contributed by atoms with Gasteiger partial charge in [0, 0.05) is 6.54 Å². The van der Waals surface area contributed by atoms with Crippen LogP contribution in [-0.2, 0) is 9.59 Å². The summed E-state index contributed by atoms with van der Waals surface area (Å²) in [5.41, 5.74) is 0. The number of amides is 1. The predicted octanol–water partition coefficient (Wildman–Crippen LogP) is 0.712. The van der Waals surface area contributed by atoms with E-state index in [1.807, 2.05) is 0 Å². The number of hydrogen-bond acceptors (Lipinski definition) is 2. The number of hydrogen-bond donors (Lipinski definition) is 0. The minimum Gasteiger partial charge on any atom is -0.329 e. The van der Waals surface area contributed by atoms with Gasteiger partial charge in [0.25, 0.3) is 5.91 Å². The molecule has 0 N–H and O–H groups in total. The van der Waals surface area contributed by atoms with E-state index in [-0.39, 0.29) is 0 Å². The SMILES string of the molecule is O=C(Cl)[C@@H]1CCCN1C(=O)CF. The van der Waals surface area contributed by atoms with Gasteiger partial charge in [-0.05, 0) is 24.4 Å². The summed E-state index contributed by atoms with van der Waals surface area (Å²) in [6.45, 7) is -0.619. The lowest BCUT2D eigenvalue weighted by atomic mass is 10.2. The molecule has 5 heteroatoms. The third-order valence-electron chi connectivity index (χ3n) is 1.95. The van der Waals surface area contributed by atoms with E-state index in [0.717, 1.165) is 6.42 Å². The monoisotopic (exact) mass is 193 g/mol. The summed E-state index contributed by atoms with van der Waals surface area (Å²) in [6.07, 6.45) is 1.27. The Balaban J connectivity index is 2.63. The van der Waals surface area contributed by atoms with Crippen LogP contribution in [0.2, 0.25) is 0 Å². The molecule has 0 radical (unpaired) electrons. The topological polar surface area (TPSA) is 37.4 Å². The number of halogens is 2. The van der Waals surface area contributed by atoms with Gasteiger partial charge >= 0.3 is 0 Å². The highest BCUT2D eigenvalue weighted by Gasteiger charge is 2.32. The van der Waals surface area contributed by atoms with Crippen LogP contribution in [-0.4, -0.2) is 35.3 Å². The van der Waals surface area contributed by atoms with Crippen molar-refractivity contribution in [2.45, 2.75) is 18.9 Å². The third kappa shape index (κ3) is 1.75. The first-order valence-corrected chi connectivity index (χ1v) is 4.09. The van der Waals surface area contributed by atoms with Crippen LogP contribution < -0.4 is 0 Å². The van der Waals surface area contributed by atoms with E-state index < -0.39 is 23.9 Å². The molecule has 0 saturated carbocycles. The highest BCUT2D eigenvalue weighted by Crippen LogP contribution is 2.19. The molecule has 0 aromatic rings. The first-order chi connectivity index (χ1) is 5.66. The van der Waals surface area contributed by atoms with Crippen molar-refractivity contribution in [2.24, 2.45) is 0 Å². The molecule has 1 aliphatic heterocycles. The molecule has 1 aliphatic rings. The molecule has 12 heavy (non-hydrogen) atoms. The van der Waals surface area contributed by atoms with Crippen molar-refractivity contribution in [3.8, 4) is 0 Å². The molecule has 0 unspecified atom stereocenters. The Labute approximate surface area is 74.5 Å². The maximum Gasteiger partial charge on any atom is 0.254 e. The van der Waals surface area contributed by atoms with Crippen LogP contribution in [0.5, 0.6) is 0 Å². The van der Waals surface area contributed by atoms with Gasteiger partial charge in [0.2, 0.25) is 5.24 Å². The molecule has 1 amide bonds. The van der Waals surface area contributed by atoms with Gasteiger partial charge in [-0.1, -0.05) is 0 Å². The van der Waals surface area contributed by atoms with E-state index in [0.29, 0.717) is 13.0 Å². The zero-order valence-corrected chi connectivity index (χ0v) is 7.18. The van der Waals surface area contributed by atoms with Gasteiger partial charge in [-0.25, -0.2) is 4.39 Å². The lowest BCUT2D eigenvalue weighted by Crippen LogP contribution is -2.39. The highest BCUT2D eigenvalue weighted by molar-refractivity contribution is 6.64. The van der Waals surface area contributed by atoms with E-state index in [2.05, 4.69) is 0 Å². The molecule has 0 aromatic heterocycles. The number of carbonyl (C=O) groups is 2. The molecule has 1 saturated heterocycles. The van der Waals surface area contributed by atoms with Crippen LogP contribution in [0.1, 0.15) is 12.8 Å². The highest BCUT2D eigenvalue weighted by atomic mass is 35.5. The standard InChI is InChI=1S/C7H9ClFNO2/c8-7(12)5-2-1-3-10(5)6(11)4-9/h5H,1-4H2/t5-/m0/s1. The Bertz CT molecular complexity index is 210. The molecular formula is C7H9ClFNO2. The lowest BCUT2D eigenvalue weighted by molar-refractivity contribution is -0.136. The normalized spacial score (nSPS) is 22.8. The van der Waals surface area contributed by atoms with Gasteiger partial charge < -0.3 is 4.90 Å². The number of alkyl halides is 1. The fourth-order valence-electron chi connectivity index (χ4n) is 1.38. The van der Waals surface area contributed by atoms with Gasteiger partial charge in [0.1, 0.15) is 6.04 Å². The van der Waals surface area contributed by atoms with Crippen molar-refractivity contribution in [1.82, 2.24) is 4.90 Å². The Hall–Kier alpha value is -0.640. The van der Waals surface area contributed by atoms with Gasteiger partial charge in [-0.15, -0.1) is 0 Å². The van der Waals surface area contributed by atoms with Crippen molar-refractivity contribution in [3.05, 3.63) is 0 Å². The Morgan fingerprint density at radius 3 is 2.75 bits per heavy atom. The summed E-state index contributed by atoms with van der Waals surface area (Å²) >= 11 is 5.22. The van der Waals surface area contributed by atoms with Crippen molar-refractivity contribution < 1.29 is 14.0 Å². The van der Waals surface area contributed by atoms with E-state index in [4.69, 9.17) is 11.6 Å². The van der Waals surface area contributed by atoms with Crippen molar-refractivity contribution in [3.63, 3.8) is 0 Å². The number of likely N-dealkylation sites (tertiary alicyclic amines) is 1. The summed E-state index contributed by atoms with van der Waals surface area (Å²) in [4.78, 5) is 22.8. The Kier molecular flexibility index (Phi) is 3.03. The maximum absolute atomic E-state index is 11.9. The molecular weight excluding hydrogens is 185 g/mol. The summed E-state index contributed by atoms with van der Waals surface area (Å²) in [5, 5.41) is -0.575. The summed E-state index contributed by atoms with van der Waals surface area (Å²) < 4.78 is 11.9.